The van der Waals surface area contributed by atoms with Crippen molar-refractivity contribution in [2.75, 3.05) is 14.2 Å². The summed E-state index contributed by atoms with van der Waals surface area (Å²) in [6, 6.07) is 5.24. The fraction of sp³-hybridized carbons (Fsp3) is 0.417. The van der Waals surface area contributed by atoms with Gasteiger partial charge < -0.3 is 9.47 Å². The third-order valence-corrected chi connectivity index (χ3v) is 2.33. The molecule has 0 amide bonds. The monoisotopic (exact) mass is 223 g/mol. The largest absolute Gasteiger partial charge is 0.496 e. The zero-order chi connectivity index (χ0) is 12.1. The Morgan fingerprint density at radius 1 is 1.31 bits per heavy atom. The average molecular weight is 223 g/mol. The minimum Gasteiger partial charge on any atom is -0.496 e. The van der Waals surface area contributed by atoms with Gasteiger partial charge in [-0.05, 0) is 13.0 Å². The predicted molar refractivity (Wildman–Crippen MR) is 58.4 cm³/mol. The van der Waals surface area contributed by atoms with Crippen LogP contribution in [0.25, 0.3) is 0 Å². The first kappa shape index (κ1) is 12.3. The molecule has 1 rings (SSSR count). The van der Waals surface area contributed by atoms with E-state index in [-0.39, 0.29) is 6.42 Å². The van der Waals surface area contributed by atoms with Crippen molar-refractivity contribution in [3.63, 3.8) is 0 Å². The molecule has 0 spiro atoms. The Balaban J connectivity index is 3.30. The van der Waals surface area contributed by atoms with Gasteiger partial charge in [0.1, 0.15) is 17.7 Å². The highest BCUT2D eigenvalue weighted by Gasteiger charge is 2.15. The fourth-order valence-electron chi connectivity index (χ4n) is 1.53. The second-order valence-corrected chi connectivity index (χ2v) is 3.36. The first-order chi connectivity index (χ1) is 7.63. The molecule has 0 aliphatic carbocycles. The number of hydrogen-bond acceptors (Lipinski definition) is 3. The lowest BCUT2D eigenvalue weighted by atomic mass is 10.0. The van der Waals surface area contributed by atoms with Crippen LogP contribution < -0.4 is 9.47 Å². The number of rotatable bonds is 4. The van der Waals surface area contributed by atoms with E-state index < -0.39 is 6.17 Å². The number of halogens is 1. The second kappa shape index (κ2) is 5.36. The number of ether oxygens (including phenoxy) is 2. The first-order valence-corrected chi connectivity index (χ1v) is 4.89. The lowest BCUT2D eigenvalue weighted by Crippen LogP contribution is -1.99. The van der Waals surface area contributed by atoms with Gasteiger partial charge in [-0.3, -0.25) is 0 Å². The molecule has 0 fully saturated rings. The van der Waals surface area contributed by atoms with E-state index in [1.54, 1.807) is 12.1 Å². The summed E-state index contributed by atoms with van der Waals surface area (Å²) in [6.07, 6.45) is -0.953. The Hall–Kier alpha value is -1.76. The van der Waals surface area contributed by atoms with Crippen molar-refractivity contribution >= 4 is 0 Å². The molecule has 3 nitrogen and oxygen atoms in total. The Labute approximate surface area is 94.4 Å². The standard InChI is InChI=1S/C12H14FNO2/c1-8(13)10-6-9(4-5-14)11(15-2)7-12(10)16-3/h6-8H,4H2,1-3H3. The molecule has 4 heteroatoms. The van der Waals surface area contributed by atoms with Crippen LogP contribution in [0.15, 0.2) is 12.1 Å². The maximum atomic E-state index is 13.3. The van der Waals surface area contributed by atoms with Crippen molar-refractivity contribution in [1.29, 1.82) is 5.26 Å². The van der Waals surface area contributed by atoms with Gasteiger partial charge in [-0.2, -0.15) is 5.26 Å². The smallest absolute Gasteiger partial charge is 0.128 e. The number of benzene rings is 1. The number of alkyl halides is 1. The van der Waals surface area contributed by atoms with Crippen LogP contribution in [0.1, 0.15) is 24.2 Å². The molecule has 0 bridgehead atoms. The zero-order valence-electron chi connectivity index (χ0n) is 9.58. The third kappa shape index (κ3) is 2.43. The minimum atomic E-state index is -1.14. The van der Waals surface area contributed by atoms with Crippen LogP contribution in [0.2, 0.25) is 0 Å². The molecule has 0 aliphatic heterocycles. The summed E-state index contributed by atoms with van der Waals surface area (Å²) >= 11 is 0. The predicted octanol–water partition coefficient (Wildman–Crippen LogP) is 2.80. The van der Waals surface area contributed by atoms with Crippen molar-refractivity contribution in [2.24, 2.45) is 0 Å². The van der Waals surface area contributed by atoms with Crippen LogP contribution in [0.3, 0.4) is 0 Å². The Morgan fingerprint density at radius 3 is 2.38 bits per heavy atom. The summed E-state index contributed by atoms with van der Waals surface area (Å²) in [5.41, 5.74) is 1.11. The summed E-state index contributed by atoms with van der Waals surface area (Å²) in [4.78, 5) is 0. The highest BCUT2D eigenvalue weighted by atomic mass is 19.1. The van der Waals surface area contributed by atoms with Crippen molar-refractivity contribution in [1.82, 2.24) is 0 Å². The van der Waals surface area contributed by atoms with Crippen molar-refractivity contribution < 1.29 is 13.9 Å². The number of hydrogen-bond donors (Lipinski definition) is 0. The van der Waals surface area contributed by atoms with E-state index in [1.165, 1.54) is 21.1 Å². The molecule has 0 aromatic heterocycles. The van der Waals surface area contributed by atoms with E-state index in [0.717, 1.165) is 0 Å². The molecule has 1 aromatic rings. The molecule has 1 atom stereocenters. The van der Waals surface area contributed by atoms with E-state index in [9.17, 15) is 4.39 Å². The summed E-state index contributed by atoms with van der Waals surface area (Å²) in [7, 11) is 2.98. The van der Waals surface area contributed by atoms with Crippen LogP contribution in [0.5, 0.6) is 11.5 Å². The summed E-state index contributed by atoms with van der Waals surface area (Å²) in [6.45, 7) is 1.43. The summed E-state index contributed by atoms with van der Waals surface area (Å²) in [5.74, 6) is 0.983. The Kier molecular flexibility index (Phi) is 4.12. The molecule has 1 aromatic carbocycles. The van der Waals surface area contributed by atoms with Gasteiger partial charge in [0.25, 0.3) is 0 Å². The SMILES string of the molecule is COc1cc(OC)c(C(C)F)cc1CC#N. The lowest BCUT2D eigenvalue weighted by molar-refractivity contribution is 0.342. The molecule has 86 valence electrons. The lowest BCUT2D eigenvalue weighted by Gasteiger charge is -2.14. The van der Waals surface area contributed by atoms with Crippen LogP contribution in [0, 0.1) is 11.3 Å². The topological polar surface area (TPSA) is 42.2 Å². The van der Waals surface area contributed by atoms with Gasteiger partial charge in [-0.15, -0.1) is 0 Å². The quantitative estimate of drug-likeness (QED) is 0.788. The van der Waals surface area contributed by atoms with E-state index in [1.807, 2.05) is 6.07 Å². The van der Waals surface area contributed by atoms with E-state index in [0.29, 0.717) is 22.6 Å². The number of nitriles is 1. The Bertz CT molecular complexity index is 410. The molecule has 0 aliphatic rings. The third-order valence-electron chi connectivity index (χ3n) is 2.33. The molecule has 16 heavy (non-hydrogen) atoms. The number of methoxy groups -OCH3 is 2. The highest BCUT2D eigenvalue weighted by molar-refractivity contribution is 5.48. The maximum Gasteiger partial charge on any atom is 0.128 e. The normalized spacial score (nSPS) is 11.7. The molecule has 0 heterocycles. The van der Waals surface area contributed by atoms with Gasteiger partial charge in [-0.25, -0.2) is 4.39 Å². The van der Waals surface area contributed by atoms with E-state index in [4.69, 9.17) is 14.7 Å². The summed E-state index contributed by atoms with van der Waals surface area (Å²) in [5, 5.41) is 8.67. The first-order valence-electron chi connectivity index (χ1n) is 4.89. The van der Waals surface area contributed by atoms with Crippen LogP contribution in [-0.2, 0) is 6.42 Å². The van der Waals surface area contributed by atoms with Crippen molar-refractivity contribution in [2.45, 2.75) is 19.5 Å². The summed E-state index contributed by atoms with van der Waals surface area (Å²) < 4.78 is 23.5. The van der Waals surface area contributed by atoms with Crippen LogP contribution in [-0.4, -0.2) is 14.2 Å². The van der Waals surface area contributed by atoms with Crippen LogP contribution in [0.4, 0.5) is 4.39 Å². The zero-order valence-corrected chi connectivity index (χ0v) is 9.58. The van der Waals surface area contributed by atoms with Gasteiger partial charge in [-0.1, -0.05) is 0 Å². The van der Waals surface area contributed by atoms with Gasteiger partial charge in [0.05, 0.1) is 26.7 Å². The van der Waals surface area contributed by atoms with Gasteiger partial charge in [0.15, 0.2) is 0 Å². The average Bonchev–Trinajstić information content (AvgIpc) is 2.28. The van der Waals surface area contributed by atoms with Gasteiger partial charge in [0, 0.05) is 17.2 Å². The fourth-order valence-corrected chi connectivity index (χ4v) is 1.53. The molecule has 0 saturated carbocycles. The van der Waals surface area contributed by atoms with Gasteiger partial charge in [0.2, 0.25) is 0 Å². The van der Waals surface area contributed by atoms with E-state index >= 15 is 0 Å². The van der Waals surface area contributed by atoms with Crippen molar-refractivity contribution in [3.8, 4) is 17.6 Å². The molecular weight excluding hydrogens is 209 g/mol. The van der Waals surface area contributed by atoms with Crippen molar-refractivity contribution in [3.05, 3.63) is 23.3 Å². The Morgan fingerprint density at radius 2 is 1.94 bits per heavy atom. The number of nitrogens with zero attached hydrogens (tertiary/aromatic N) is 1. The molecule has 0 radical (unpaired) electrons. The van der Waals surface area contributed by atoms with Gasteiger partial charge >= 0.3 is 0 Å². The molecule has 0 N–H and O–H groups in total. The second-order valence-electron chi connectivity index (χ2n) is 3.36. The molecular formula is C12H14FNO2. The molecule has 1 unspecified atom stereocenters. The van der Waals surface area contributed by atoms with E-state index in [2.05, 4.69) is 0 Å². The maximum absolute atomic E-state index is 13.3. The molecule has 0 saturated heterocycles. The van der Waals surface area contributed by atoms with Crippen LogP contribution >= 0.6 is 0 Å². The highest BCUT2D eigenvalue weighted by Crippen LogP contribution is 2.34. The minimum absolute atomic E-state index is 0.187.